The molecular formula is C111H133N23O10. The van der Waals surface area contributed by atoms with Crippen LogP contribution in [-0.2, 0) is 106 Å². The summed E-state index contributed by atoms with van der Waals surface area (Å²) in [4.78, 5) is 158. The number of aromatic nitrogens is 11. The molecule has 0 aliphatic carbocycles. The van der Waals surface area contributed by atoms with Crippen LogP contribution in [0.2, 0.25) is 0 Å². The molecule has 7 aromatic carbocycles. The summed E-state index contributed by atoms with van der Waals surface area (Å²) in [7, 11) is 0. The highest BCUT2D eigenvalue weighted by Crippen LogP contribution is 2.35. The minimum atomic E-state index is -0.983. The van der Waals surface area contributed by atoms with Gasteiger partial charge < -0.3 is 88.7 Å². The first-order valence-corrected chi connectivity index (χ1v) is 50.4. The number of hydrogen-bond acceptors (Lipinski definition) is 19. The highest BCUT2D eigenvalue weighted by Gasteiger charge is 2.29. The van der Waals surface area contributed by atoms with E-state index in [0.29, 0.717) is 120 Å². The molecule has 16 rings (SSSR count). The minimum Gasteiger partial charge on any atom is -0.382 e. The predicted molar refractivity (Wildman–Crippen MR) is 568 cm³/mol. The summed E-state index contributed by atoms with van der Waals surface area (Å²) in [5, 5.41) is 24.4. The highest BCUT2D eigenvalue weighted by molar-refractivity contribution is 6.09. The standard InChI is InChI=1S/C52H55N9O4.C23H32N6O2.C22H30N4O.C14H16N4O3/c1-2-3-22-45-59-49-50(40-18-8-10-20-42(40)58-51(49)53)60(45)32-13-12-30-54-46(62)26-25-43(52(65)55-31-29-37-33-56-41-19-9-7-17-39(37)41)57-47(63)27-28-48(64)61-34-38-16-5-4-14-35(38)23-24-36-15-6-11-21-44(36)61;1-2-3-11-19-28-21-22(17-9-4-5-10-18(17)27-23(21)24)29(19)15-7-6-14-26-20(31)12-8-13-25-16-30;1-3-5-14-19-25-20-21(17-12-8-9-13-18(17)24-22(20)23)26(19)15-10-6-7-11-16(27)4-2;15-13(20)7-17-14(21)12(18-8-19)5-9-6-16-11-4-2-1-3-10(9)11/h4-11,14-21,33,43,56H,2-3,12-13,22,25-32,34H2,1H3,(H2,53,58)(H,54,62)(H,55,65)(H,57,63);4-5,9-10,16H,2-3,6-8,11-15H2,1H3,(H2,24,27)(H,25,30)(H,26,31);8-9,12-13H,3-7,10-11,14-15H2,1-2H3,(H2,23,24);1-4,6,8,12,16H,5,7H2,(H2,15,20)(H,17,21)(H,18,19). The van der Waals surface area contributed by atoms with Gasteiger partial charge in [0.15, 0.2) is 17.5 Å². The molecule has 0 radical (unpaired) electrons. The van der Waals surface area contributed by atoms with Gasteiger partial charge in [0.25, 0.3) is 0 Å². The number of pyridine rings is 3. The van der Waals surface area contributed by atoms with Gasteiger partial charge in [-0.1, -0.05) is 187 Å². The Hall–Kier alpha value is -15.9. The number of H-pyrrole nitrogens is 2. The number of carbonyl (C=O) groups excluding carboxylic acids is 10. The summed E-state index contributed by atoms with van der Waals surface area (Å²) in [6.07, 6.45) is 23.6. The number of para-hydroxylation sites is 6. The quantitative estimate of drug-likeness (QED) is 0.00957. The monoisotopic (exact) mass is 1950 g/mol. The minimum absolute atomic E-state index is 0.0225. The van der Waals surface area contributed by atoms with Gasteiger partial charge in [-0.2, -0.15) is 0 Å². The van der Waals surface area contributed by atoms with E-state index in [1.807, 2.05) is 165 Å². The van der Waals surface area contributed by atoms with Gasteiger partial charge in [0.2, 0.25) is 54.2 Å². The lowest BCUT2D eigenvalue weighted by atomic mass is 10.0. The Morgan fingerprint density at radius 2 is 0.889 bits per heavy atom. The average molecular weight is 1950 g/mol. The van der Waals surface area contributed by atoms with Crippen molar-refractivity contribution in [1.82, 2.24) is 90.8 Å². The van der Waals surface area contributed by atoms with Crippen molar-refractivity contribution >= 4 is 171 Å². The number of Topliss-reactive ketones (excluding diaryl/α,β-unsaturated/α-hetero) is 1. The number of hydrogen-bond donors (Lipinski definition) is 13. The molecule has 2 unspecified atom stereocenters. The van der Waals surface area contributed by atoms with Crippen LogP contribution in [0.3, 0.4) is 0 Å². The zero-order valence-electron chi connectivity index (χ0n) is 82.7. The topological polar surface area (TPSA) is 486 Å². The van der Waals surface area contributed by atoms with Crippen molar-refractivity contribution in [3.63, 3.8) is 0 Å². The third kappa shape index (κ3) is 28.3. The Morgan fingerprint density at radius 3 is 1.41 bits per heavy atom. The predicted octanol–water partition coefficient (Wildman–Crippen LogP) is 14.6. The van der Waals surface area contributed by atoms with Gasteiger partial charge in [-0.3, -0.25) is 47.9 Å². The number of primary amides is 1. The van der Waals surface area contributed by atoms with Crippen molar-refractivity contribution in [1.29, 1.82) is 0 Å². The molecule has 1 aliphatic rings. The molecule has 144 heavy (non-hydrogen) atoms. The molecular weight excluding hydrogens is 1820 g/mol. The van der Waals surface area contributed by atoms with Crippen LogP contribution in [-0.4, -0.2) is 158 Å². The maximum atomic E-state index is 13.9. The molecule has 0 spiro atoms. The fourth-order valence-corrected chi connectivity index (χ4v) is 18.1. The van der Waals surface area contributed by atoms with Gasteiger partial charge in [-0.25, -0.2) is 29.9 Å². The lowest BCUT2D eigenvalue weighted by Crippen LogP contribution is -2.48. The number of benzene rings is 7. The molecule has 8 aromatic heterocycles. The molecule has 33 heteroatoms. The second-order valence-electron chi connectivity index (χ2n) is 36.0. The zero-order chi connectivity index (χ0) is 102. The van der Waals surface area contributed by atoms with Crippen LogP contribution in [0.5, 0.6) is 0 Å². The van der Waals surface area contributed by atoms with Crippen molar-refractivity contribution in [2.75, 3.05) is 54.8 Å². The van der Waals surface area contributed by atoms with Crippen LogP contribution in [0.1, 0.15) is 208 Å². The molecule has 0 bridgehead atoms. The molecule has 15 aromatic rings. The average Bonchev–Trinajstić information content (AvgIpc) is 1.60. The van der Waals surface area contributed by atoms with Gasteiger partial charge in [0.05, 0.1) is 51.9 Å². The first kappa shape index (κ1) is 105. The summed E-state index contributed by atoms with van der Waals surface area (Å²) in [6, 6.07) is 53.2. The molecule has 9 heterocycles. The van der Waals surface area contributed by atoms with E-state index >= 15 is 0 Å². The van der Waals surface area contributed by atoms with E-state index in [-0.39, 0.29) is 55.9 Å². The highest BCUT2D eigenvalue weighted by atomic mass is 16.2. The fourth-order valence-electron chi connectivity index (χ4n) is 18.1. The summed E-state index contributed by atoms with van der Waals surface area (Å²) in [5.41, 5.74) is 39.0. The number of rotatable bonds is 49. The normalized spacial score (nSPS) is 11.9. The number of nitrogens with two attached hydrogens (primary N) is 4. The molecule has 9 amide bonds. The Morgan fingerprint density at radius 1 is 0.424 bits per heavy atom. The SMILES string of the molecule is CCCCc1nc2c(N)nc3ccccc3c2n1CCCCCC(=O)CC.CCCCc1nc2c(N)nc3ccccc3c2n1CCCCNC(=O)CCC(NC(=O)CCC(=O)N1Cc2ccccc2C#Cc2ccccc21)C(=O)NCCc1c[nH]c2ccccc12.CCCCc1nc2c(N)nc3ccccc3c2n1CCCCNC(=O)CCCNC=O.NC(=O)CNC(=O)C(Cc1c[nH]c2ccccc12)NC=O. The summed E-state index contributed by atoms with van der Waals surface area (Å²) in [6.45, 7) is 12.9. The third-order valence-corrected chi connectivity index (χ3v) is 25.7. The van der Waals surface area contributed by atoms with E-state index in [4.69, 9.17) is 37.9 Å². The van der Waals surface area contributed by atoms with Crippen molar-refractivity contribution in [3.05, 3.63) is 228 Å². The Labute approximate surface area is 837 Å². The first-order chi connectivity index (χ1) is 70.2. The number of anilines is 4. The van der Waals surface area contributed by atoms with Gasteiger partial charge in [-0.15, -0.1) is 0 Å². The Bertz CT molecular complexity index is 7060. The number of ketones is 1. The molecule has 0 saturated heterocycles. The number of fused-ring (bicyclic) bond motifs is 13. The van der Waals surface area contributed by atoms with Gasteiger partial charge in [0.1, 0.15) is 51.9 Å². The maximum Gasteiger partial charge on any atom is 0.243 e. The number of amides is 9. The second-order valence-corrected chi connectivity index (χ2v) is 36.0. The summed E-state index contributed by atoms with van der Waals surface area (Å²) in [5.74, 6) is 8.95. The van der Waals surface area contributed by atoms with E-state index in [0.717, 1.165) is 249 Å². The number of imidazole rings is 3. The molecule has 0 saturated carbocycles. The Kier molecular flexibility index (Phi) is 39.3. The van der Waals surface area contributed by atoms with Crippen molar-refractivity contribution in [3.8, 4) is 11.8 Å². The number of carbonyl (C=O) groups is 10. The summed E-state index contributed by atoms with van der Waals surface area (Å²) >= 11 is 0. The fraction of sp³-hybridized carbons (Fsp3) is 0.369. The van der Waals surface area contributed by atoms with Gasteiger partial charge in [-0.05, 0) is 142 Å². The number of nitrogen functional groups attached to an aromatic ring is 3. The van der Waals surface area contributed by atoms with E-state index in [1.165, 1.54) is 0 Å². The number of nitrogens with zero attached hydrogens (tertiary/aromatic N) is 10. The number of unbranched alkanes of at least 4 members (excludes halogenated alkanes) is 7. The van der Waals surface area contributed by atoms with E-state index in [9.17, 15) is 47.9 Å². The maximum absolute atomic E-state index is 13.9. The number of nitrogens with one attached hydrogen (secondary N) is 9. The van der Waals surface area contributed by atoms with E-state index < -0.39 is 29.8 Å². The Balaban J connectivity index is 0.000000182. The second kappa shape index (κ2) is 53.7. The zero-order valence-corrected chi connectivity index (χ0v) is 82.7. The molecule has 33 nitrogen and oxygen atoms in total. The van der Waals surface area contributed by atoms with Crippen molar-refractivity contribution < 1.29 is 47.9 Å². The van der Waals surface area contributed by atoms with Crippen molar-refractivity contribution in [2.24, 2.45) is 5.73 Å². The third-order valence-electron chi connectivity index (χ3n) is 25.7. The van der Waals surface area contributed by atoms with Gasteiger partial charge >= 0.3 is 0 Å². The molecule has 0 fully saturated rings. The molecule has 17 N–H and O–H groups in total. The number of aromatic amines is 2. The lowest BCUT2D eigenvalue weighted by Gasteiger charge is -2.26. The first-order valence-electron chi connectivity index (χ1n) is 50.4. The van der Waals surface area contributed by atoms with E-state index in [1.54, 1.807) is 11.1 Å². The van der Waals surface area contributed by atoms with Crippen molar-refractivity contribution in [2.45, 2.75) is 233 Å². The van der Waals surface area contributed by atoms with Crippen LogP contribution in [0.4, 0.5) is 23.1 Å². The largest absolute Gasteiger partial charge is 0.382 e. The lowest BCUT2D eigenvalue weighted by molar-refractivity contribution is -0.130. The summed E-state index contributed by atoms with van der Waals surface area (Å²) < 4.78 is 6.89. The molecule has 2 atom stereocenters. The van der Waals surface area contributed by atoms with Gasteiger partial charge in [0, 0.05) is 172 Å². The number of aryl methyl sites for hydroxylation is 6. The van der Waals surface area contributed by atoms with Crippen LogP contribution in [0, 0.1) is 11.8 Å². The smallest absolute Gasteiger partial charge is 0.243 e. The molecule has 752 valence electrons. The van der Waals surface area contributed by atoms with E-state index in [2.05, 4.69) is 127 Å². The van der Waals surface area contributed by atoms with Crippen LogP contribution in [0.15, 0.2) is 182 Å². The molecule has 1 aliphatic heterocycles. The van der Waals surface area contributed by atoms with Crippen LogP contribution >= 0.6 is 0 Å². The van der Waals surface area contributed by atoms with Crippen LogP contribution < -0.4 is 65.1 Å². The van der Waals surface area contributed by atoms with Crippen LogP contribution in [0.25, 0.3) is 87.6 Å².